The fourth-order valence-corrected chi connectivity index (χ4v) is 4.09. The van der Waals surface area contributed by atoms with Gasteiger partial charge in [0.25, 0.3) is 0 Å². The van der Waals surface area contributed by atoms with Crippen molar-refractivity contribution in [1.82, 2.24) is 0 Å². The SMILES string of the molecule is O=C(O)[C@H]1O[C@H](Oc2cc3oc(-c4ccc(O)cc4CCCO)cc(=O)c3c(O)c2O)[C@H](O)C(O)(O)[C@@H]1O. The van der Waals surface area contributed by atoms with E-state index >= 15 is 0 Å². The maximum absolute atomic E-state index is 12.8. The molecule has 204 valence electrons. The van der Waals surface area contributed by atoms with Crippen molar-refractivity contribution < 1.29 is 64.6 Å². The Labute approximate surface area is 212 Å². The van der Waals surface area contributed by atoms with Crippen LogP contribution < -0.4 is 10.2 Å². The third-order valence-electron chi connectivity index (χ3n) is 6.07. The Kier molecular flexibility index (Phi) is 7.20. The van der Waals surface area contributed by atoms with E-state index in [0.717, 1.165) is 12.1 Å². The van der Waals surface area contributed by atoms with Gasteiger partial charge in [0.05, 0.1) is 0 Å². The average Bonchev–Trinajstić information content (AvgIpc) is 2.85. The first-order chi connectivity index (χ1) is 17.9. The number of aryl methyl sites for hydroxylation is 1. The second-order valence-electron chi connectivity index (χ2n) is 8.64. The number of benzene rings is 2. The van der Waals surface area contributed by atoms with E-state index < -0.39 is 64.4 Å². The molecule has 38 heavy (non-hydrogen) atoms. The zero-order chi connectivity index (χ0) is 27.9. The number of carbonyl (C=O) groups is 1. The minimum Gasteiger partial charge on any atom is -0.508 e. The summed E-state index contributed by atoms with van der Waals surface area (Å²) in [7, 11) is 0. The Balaban J connectivity index is 1.80. The average molecular weight is 536 g/mol. The molecule has 1 aromatic heterocycles. The number of rotatable bonds is 7. The molecule has 2 aromatic carbocycles. The monoisotopic (exact) mass is 536 g/mol. The summed E-state index contributed by atoms with van der Waals surface area (Å²) in [6.45, 7) is -0.136. The highest BCUT2D eigenvalue weighted by Gasteiger charge is 2.58. The normalized spacial score (nSPS) is 22.9. The molecule has 3 aromatic rings. The van der Waals surface area contributed by atoms with Crippen LogP contribution in [0, 0.1) is 0 Å². The lowest BCUT2D eigenvalue weighted by molar-refractivity contribution is -0.369. The predicted octanol–water partition coefficient (Wildman–Crippen LogP) is -0.907. The molecule has 1 aliphatic heterocycles. The summed E-state index contributed by atoms with van der Waals surface area (Å²) >= 11 is 0. The van der Waals surface area contributed by atoms with Crippen LogP contribution in [0.3, 0.4) is 0 Å². The molecule has 0 radical (unpaired) electrons. The van der Waals surface area contributed by atoms with Crippen molar-refractivity contribution in [2.75, 3.05) is 6.61 Å². The Bertz CT molecular complexity index is 1430. The number of aliphatic carboxylic acids is 1. The third-order valence-corrected chi connectivity index (χ3v) is 6.07. The molecule has 14 nitrogen and oxygen atoms in total. The molecular formula is C24H24O14. The van der Waals surface area contributed by atoms with Gasteiger partial charge in [-0.05, 0) is 36.6 Å². The molecule has 0 amide bonds. The summed E-state index contributed by atoms with van der Waals surface area (Å²) in [6, 6.07) is 6.18. The number of hydrogen-bond donors (Lipinski definition) is 9. The minimum absolute atomic E-state index is 0.0146. The number of aliphatic hydroxyl groups is 5. The van der Waals surface area contributed by atoms with Crippen molar-refractivity contribution in [3.63, 3.8) is 0 Å². The van der Waals surface area contributed by atoms with Crippen LogP contribution in [0.5, 0.6) is 23.0 Å². The zero-order valence-corrected chi connectivity index (χ0v) is 19.4. The summed E-state index contributed by atoms with van der Waals surface area (Å²) < 4.78 is 15.9. The maximum Gasteiger partial charge on any atom is 0.335 e. The van der Waals surface area contributed by atoms with Gasteiger partial charge in [0, 0.05) is 24.3 Å². The van der Waals surface area contributed by atoms with E-state index in [0.29, 0.717) is 24.0 Å². The van der Waals surface area contributed by atoms with Crippen molar-refractivity contribution in [3.8, 4) is 34.3 Å². The number of aromatic hydroxyl groups is 3. The summed E-state index contributed by atoms with van der Waals surface area (Å²) in [6.07, 6.45) is -8.71. The van der Waals surface area contributed by atoms with E-state index in [1.165, 1.54) is 18.2 Å². The summed E-state index contributed by atoms with van der Waals surface area (Å²) in [5.74, 6) is -8.05. The Morgan fingerprint density at radius 3 is 2.39 bits per heavy atom. The fraction of sp³-hybridized carbons (Fsp3) is 0.333. The first-order valence-electron chi connectivity index (χ1n) is 11.2. The van der Waals surface area contributed by atoms with Gasteiger partial charge in [-0.25, -0.2) is 4.79 Å². The van der Waals surface area contributed by atoms with Gasteiger partial charge in [-0.1, -0.05) is 0 Å². The van der Waals surface area contributed by atoms with Crippen molar-refractivity contribution in [2.45, 2.75) is 43.2 Å². The second kappa shape index (κ2) is 10.1. The van der Waals surface area contributed by atoms with Gasteiger partial charge in [0.2, 0.25) is 17.8 Å². The fourth-order valence-electron chi connectivity index (χ4n) is 4.09. The lowest BCUT2D eigenvalue weighted by Crippen LogP contribution is -2.69. The lowest BCUT2D eigenvalue weighted by atomic mass is 9.95. The van der Waals surface area contributed by atoms with Crippen LogP contribution in [0.2, 0.25) is 0 Å². The predicted molar refractivity (Wildman–Crippen MR) is 124 cm³/mol. The Morgan fingerprint density at radius 1 is 1.03 bits per heavy atom. The largest absolute Gasteiger partial charge is 0.508 e. The van der Waals surface area contributed by atoms with E-state index in [-0.39, 0.29) is 23.7 Å². The third kappa shape index (κ3) is 4.71. The Hall–Kier alpha value is -3.92. The van der Waals surface area contributed by atoms with Gasteiger partial charge in [-0.2, -0.15) is 0 Å². The summed E-state index contributed by atoms with van der Waals surface area (Å²) in [4.78, 5) is 24.2. The molecule has 4 rings (SSSR count). The van der Waals surface area contributed by atoms with Gasteiger partial charge < -0.3 is 59.8 Å². The number of phenols is 3. The number of ether oxygens (including phenoxy) is 2. The van der Waals surface area contributed by atoms with Crippen LogP contribution in [-0.4, -0.2) is 88.9 Å². The maximum atomic E-state index is 12.8. The highest BCUT2D eigenvalue weighted by molar-refractivity contribution is 5.89. The number of aliphatic hydroxyl groups excluding tert-OH is 3. The van der Waals surface area contributed by atoms with Crippen LogP contribution in [-0.2, 0) is 16.0 Å². The molecule has 14 heteroatoms. The standard InChI is InChI=1S/C24H24O14/c25-5-1-2-9-6-10(26)3-4-11(9)13-7-12(27)16-14(36-13)8-15(17(28)18(16)29)37-23-21(31)24(34,35)20(30)19(38-23)22(32)33/h3-4,6-8,19-21,23,25-26,28-31,34-35H,1-2,5H2,(H,32,33)/t19-,20+,21-,23-/m0/s1. The smallest absolute Gasteiger partial charge is 0.335 e. The van der Waals surface area contributed by atoms with Gasteiger partial charge in [0.1, 0.15) is 28.6 Å². The molecule has 1 fully saturated rings. The molecule has 0 aliphatic carbocycles. The first kappa shape index (κ1) is 27.1. The minimum atomic E-state index is -3.40. The highest BCUT2D eigenvalue weighted by Crippen LogP contribution is 2.43. The van der Waals surface area contributed by atoms with Crippen LogP contribution in [0.15, 0.2) is 39.5 Å². The van der Waals surface area contributed by atoms with Crippen LogP contribution >= 0.6 is 0 Å². The molecule has 2 heterocycles. The molecule has 4 atom stereocenters. The summed E-state index contributed by atoms with van der Waals surface area (Å²) in [5.41, 5.74) is -0.215. The van der Waals surface area contributed by atoms with Gasteiger partial charge in [-0.15, -0.1) is 0 Å². The van der Waals surface area contributed by atoms with Crippen molar-refractivity contribution in [2.24, 2.45) is 0 Å². The van der Waals surface area contributed by atoms with Gasteiger partial charge >= 0.3 is 5.97 Å². The molecular weight excluding hydrogens is 512 g/mol. The number of phenolic OH excluding ortho intramolecular Hbond substituents is 3. The van der Waals surface area contributed by atoms with E-state index in [4.69, 9.17) is 13.9 Å². The molecule has 9 N–H and O–H groups in total. The molecule has 0 unspecified atom stereocenters. The quantitative estimate of drug-likeness (QED) is 0.131. The first-order valence-corrected chi connectivity index (χ1v) is 11.2. The topological polar surface area (TPSA) is 248 Å². The number of carboxylic acid groups (broad SMARTS) is 1. The highest BCUT2D eigenvalue weighted by atomic mass is 16.7. The number of carboxylic acids is 1. The number of fused-ring (bicyclic) bond motifs is 1. The van der Waals surface area contributed by atoms with Gasteiger partial charge in [-0.3, -0.25) is 4.79 Å². The second-order valence-corrected chi connectivity index (χ2v) is 8.64. The molecule has 1 aliphatic rings. The molecule has 0 bridgehead atoms. The summed E-state index contributed by atoms with van der Waals surface area (Å²) in [5, 5.41) is 88.7. The van der Waals surface area contributed by atoms with Crippen molar-refractivity contribution in [3.05, 3.63) is 46.1 Å². The van der Waals surface area contributed by atoms with Crippen molar-refractivity contribution in [1.29, 1.82) is 0 Å². The number of hydrogen-bond acceptors (Lipinski definition) is 13. The van der Waals surface area contributed by atoms with E-state index in [2.05, 4.69) is 0 Å². The zero-order valence-electron chi connectivity index (χ0n) is 19.4. The molecule has 1 saturated heterocycles. The molecule has 0 spiro atoms. The van der Waals surface area contributed by atoms with E-state index in [1.54, 1.807) is 0 Å². The van der Waals surface area contributed by atoms with Crippen LogP contribution in [0.1, 0.15) is 12.0 Å². The molecule has 0 saturated carbocycles. The van der Waals surface area contributed by atoms with Crippen molar-refractivity contribution >= 4 is 16.9 Å². The van der Waals surface area contributed by atoms with E-state index in [9.17, 15) is 55.5 Å². The van der Waals surface area contributed by atoms with Gasteiger partial charge in [0.15, 0.2) is 29.1 Å². The van der Waals surface area contributed by atoms with Crippen LogP contribution in [0.25, 0.3) is 22.3 Å². The van der Waals surface area contributed by atoms with E-state index in [1.807, 2.05) is 0 Å². The Morgan fingerprint density at radius 2 is 1.74 bits per heavy atom. The lowest BCUT2D eigenvalue weighted by Gasteiger charge is -2.43. The van der Waals surface area contributed by atoms with Crippen LogP contribution in [0.4, 0.5) is 0 Å².